The first-order valence-electron chi connectivity index (χ1n) is 5.66. The van der Waals surface area contributed by atoms with Crippen LogP contribution in [0.25, 0.3) is 0 Å². The van der Waals surface area contributed by atoms with Crippen molar-refractivity contribution in [2.75, 3.05) is 6.54 Å². The fourth-order valence-corrected chi connectivity index (χ4v) is 2.07. The molecule has 1 nitrogen and oxygen atoms in total. The predicted molar refractivity (Wildman–Crippen MR) is 59.4 cm³/mol. The van der Waals surface area contributed by atoms with E-state index in [-0.39, 0.29) is 0 Å². The van der Waals surface area contributed by atoms with E-state index in [1.54, 1.807) is 0 Å². The van der Waals surface area contributed by atoms with Gasteiger partial charge in [0.25, 0.3) is 0 Å². The number of aryl methyl sites for hydroxylation is 1. The van der Waals surface area contributed by atoms with Gasteiger partial charge < -0.3 is 0 Å². The maximum atomic E-state index is 4.64. The molecule has 0 aliphatic carbocycles. The number of benzene rings is 1. The summed E-state index contributed by atoms with van der Waals surface area (Å²) in [5.41, 5.74) is 1.45. The highest BCUT2D eigenvalue weighted by molar-refractivity contribution is 5.14. The van der Waals surface area contributed by atoms with Gasteiger partial charge in [0.2, 0.25) is 0 Å². The van der Waals surface area contributed by atoms with E-state index in [9.17, 15) is 0 Å². The molecule has 0 aromatic heterocycles. The average Bonchev–Trinajstić information content (AvgIpc) is 2.29. The standard InChI is InChI=1S/C13H18N/c1-2-6-12(7-3-1)9-10-13-8-4-5-11-14-13/h1-3,6-7,13H,4-5,8-11H2. The Morgan fingerprint density at radius 1 is 1.14 bits per heavy atom. The SMILES string of the molecule is c1ccc(CCC2CCCC[N]2)cc1. The van der Waals surface area contributed by atoms with Gasteiger partial charge in [-0.25, -0.2) is 5.32 Å². The zero-order valence-corrected chi connectivity index (χ0v) is 8.65. The smallest absolute Gasteiger partial charge is 0.0249 e. The lowest BCUT2D eigenvalue weighted by Crippen LogP contribution is -2.27. The van der Waals surface area contributed by atoms with E-state index in [0.29, 0.717) is 6.04 Å². The zero-order valence-electron chi connectivity index (χ0n) is 8.65. The molecule has 1 fully saturated rings. The summed E-state index contributed by atoms with van der Waals surface area (Å²) in [4.78, 5) is 0. The maximum absolute atomic E-state index is 4.64. The first kappa shape index (κ1) is 9.72. The van der Waals surface area contributed by atoms with Crippen molar-refractivity contribution in [2.45, 2.75) is 38.1 Å². The molecule has 0 saturated carbocycles. The van der Waals surface area contributed by atoms with Crippen LogP contribution in [-0.2, 0) is 6.42 Å². The van der Waals surface area contributed by atoms with Crippen molar-refractivity contribution in [1.29, 1.82) is 0 Å². The lowest BCUT2D eigenvalue weighted by Gasteiger charge is -2.21. The van der Waals surface area contributed by atoms with E-state index < -0.39 is 0 Å². The number of piperidine rings is 1. The lowest BCUT2D eigenvalue weighted by molar-refractivity contribution is 0.375. The Morgan fingerprint density at radius 3 is 2.71 bits per heavy atom. The molecule has 1 unspecified atom stereocenters. The molecular formula is C13H18N. The molecule has 0 spiro atoms. The molecule has 1 atom stereocenters. The number of hydrogen-bond donors (Lipinski definition) is 0. The second-order valence-corrected chi connectivity index (χ2v) is 4.08. The summed E-state index contributed by atoms with van der Waals surface area (Å²) in [6.45, 7) is 1.10. The molecule has 1 heteroatoms. The minimum Gasteiger partial charge on any atom is -0.238 e. The predicted octanol–water partition coefficient (Wildman–Crippen LogP) is 2.78. The van der Waals surface area contributed by atoms with E-state index >= 15 is 0 Å². The van der Waals surface area contributed by atoms with Gasteiger partial charge in [0.15, 0.2) is 0 Å². The van der Waals surface area contributed by atoms with Crippen LogP contribution in [0, 0.1) is 0 Å². The van der Waals surface area contributed by atoms with Gasteiger partial charge >= 0.3 is 0 Å². The summed E-state index contributed by atoms with van der Waals surface area (Å²) in [6.07, 6.45) is 6.43. The molecule has 1 heterocycles. The minimum atomic E-state index is 0.643. The normalized spacial score (nSPS) is 22.1. The minimum absolute atomic E-state index is 0.643. The molecule has 1 saturated heterocycles. The van der Waals surface area contributed by atoms with Crippen molar-refractivity contribution in [2.24, 2.45) is 0 Å². The number of hydrogen-bond acceptors (Lipinski definition) is 0. The van der Waals surface area contributed by atoms with Gasteiger partial charge in [0.1, 0.15) is 0 Å². The first-order chi connectivity index (χ1) is 6.95. The highest BCUT2D eigenvalue weighted by atomic mass is 14.9. The zero-order chi connectivity index (χ0) is 9.64. The van der Waals surface area contributed by atoms with E-state index in [1.807, 2.05) is 0 Å². The van der Waals surface area contributed by atoms with Crippen LogP contribution in [0.3, 0.4) is 0 Å². The Balaban J connectivity index is 1.76. The molecule has 75 valence electrons. The van der Waals surface area contributed by atoms with Gasteiger partial charge in [-0.1, -0.05) is 36.8 Å². The average molecular weight is 188 g/mol. The third-order valence-corrected chi connectivity index (χ3v) is 2.94. The molecule has 1 aromatic rings. The van der Waals surface area contributed by atoms with E-state index in [1.165, 1.54) is 37.7 Å². The fraction of sp³-hybridized carbons (Fsp3) is 0.538. The third kappa shape index (κ3) is 2.85. The number of rotatable bonds is 3. The van der Waals surface area contributed by atoms with Crippen LogP contribution in [-0.4, -0.2) is 12.6 Å². The van der Waals surface area contributed by atoms with E-state index in [0.717, 1.165) is 6.54 Å². The second-order valence-electron chi connectivity index (χ2n) is 4.08. The van der Waals surface area contributed by atoms with Crippen molar-refractivity contribution >= 4 is 0 Å². The van der Waals surface area contributed by atoms with Gasteiger partial charge in [0.05, 0.1) is 0 Å². The Bertz CT molecular complexity index is 249. The van der Waals surface area contributed by atoms with Crippen molar-refractivity contribution in [3.8, 4) is 0 Å². The molecular weight excluding hydrogens is 170 g/mol. The molecule has 2 rings (SSSR count). The quantitative estimate of drug-likeness (QED) is 0.692. The summed E-state index contributed by atoms with van der Waals surface area (Å²) < 4.78 is 0. The molecule has 1 aliphatic rings. The van der Waals surface area contributed by atoms with Crippen LogP contribution in [0.1, 0.15) is 31.2 Å². The van der Waals surface area contributed by atoms with Crippen molar-refractivity contribution in [1.82, 2.24) is 5.32 Å². The molecule has 1 aromatic carbocycles. The van der Waals surface area contributed by atoms with Crippen molar-refractivity contribution < 1.29 is 0 Å². The topological polar surface area (TPSA) is 14.1 Å². The van der Waals surface area contributed by atoms with Crippen LogP contribution in [0.5, 0.6) is 0 Å². The molecule has 0 amide bonds. The third-order valence-electron chi connectivity index (χ3n) is 2.94. The summed E-state index contributed by atoms with van der Waals surface area (Å²) >= 11 is 0. The Hall–Kier alpha value is -0.820. The van der Waals surface area contributed by atoms with Crippen molar-refractivity contribution in [3.63, 3.8) is 0 Å². The van der Waals surface area contributed by atoms with Gasteiger partial charge in [0, 0.05) is 12.6 Å². The van der Waals surface area contributed by atoms with Gasteiger partial charge in [-0.05, 0) is 31.2 Å². The highest BCUT2D eigenvalue weighted by Gasteiger charge is 2.12. The van der Waals surface area contributed by atoms with Crippen LogP contribution in [0.4, 0.5) is 0 Å². The van der Waals surface area contributed by atoms with Crippen molar-refractivity contribution in [3.05, 3.63) is 35.9 Å². The maximum Gasteiger partial charge on any atom is 0.0249 e. The number of nitrogens with zero attached hydrogens (tertiary/aromatic N) is 1. The van der Waals surface area contributed by atoms with Gasteiger partial charge in [-0.2, -0.15) is 0 Å². The Kier molecular flexibility index (Phi) is 3.58. The second kappa shape index (κ2) is 5.16. The fourth-order valence-electron chi connectivity index (χ4n) is 2.07. The summed E-state index contributed by atoms with van der Waals surface area (Å²) in [5, 5.41) is 4.64. The molecule has 0 bridgehead atoms. The van der Waals surface area contributed by atoms with Gasteiger partial charge in [-0.3, -0.25) is 0 Å². The first-order valence-corrected chi connectivity index (χ1v) is 5.66. The summed E-state index contributed by atoms with van der Waals surface area (Å²) in [7, 11) is 0. The van der Waals surface area contributed by atoms with Crippen LogP contribution in [0.2, 0.25) is 0 Å². The van der Waals surface area contributed by atoms with Crippen LogP contribution in [0.15, 0.2) is 30.3 Å². The molecule has 1 radical (unpaired) electrons. The molecule has 0 N–H and O–H groups in total. The van der Waals surface area contributed by atoms with Gasteiger partial charge in [-0.15, -0.1) is 0 Å². The highest BCUT2D eigenvalue weighted by Crippen LogP contribution is 2.14. The summed E-state index contributed by atoms with van der Waals surface area (Å²) in [5.74, 6) is 0. The lowest BCUT2D eigenvalue weighted by atomic mass is 9.98. The Labute approximate surface area is 86.5 Å². The molecule has 1 aliphatic heterocycles. The van der Waals surface area contributed by atoms with E-state index in [4.69, 9.17) is 0 Å². The molecule has 14 heavy (non-hydrogen) atoms. The van der Waals surface area contributed by atoms with E-state index in [2.05, 4.69) is 35.6 Å². The van der Waals surface area contributed by atoms with Crippen LogP contribution >= 0.6 is 0 Å². The Morgan fingerprint density at radius 2 is 2.00 bits per heavy atom. The monoisotopic (exact) mass is 188 g/mol. The summed E-state index contributed by atoms with van der Waals surface area (Å²) in [6, 6.07) is 11.4. The van der Waals surface area contributed by atoms with Crippen LogP contribution < -0.4 is 5.32 Å². The largest absolute Gasteiger partial charge is 0.238 e.